The third-order valence-electron chi connectivity index (χ3n) is 2.69. The molecule has 4 heteroatoms. The number of guanidine groups is 1. The number of nitrogens with zero attached hydrogens (tertiary/aromatic N) is 3. The maximum atomic E-state index is 5.94. The molecular formula is C11H22N4. The monoisotopic (exact) mass is 210 g/mol. The summed E-state index contributed by atoms with van der Waals surface area (Å²) in [4.78, 5) is 8.31. The van der Waals surface area contributed by atoms with Crippen molar-refractivity contribution in [2.45, 2.75) is 25.7 Å². The molecular weight excluding hydrogens is 188 g/mol. The Labute approximate surface area is 92.4 Å². The summed E-state index contributed by atoms with van der Waals surface area (Å²) in [5, 5.41) is 0. The lowest BCUT2D eigenvalue weighted by Crippen LogP contribution is -2.38. The lowest BCUT2D eigenvalue weighted by Gasteiger charge is -2.22. The van der Waals surface area contributed by atoms with E-state index in [-0.39, 0.29) is 0 Å². The van der Waals surface area contributed by atoms with Crippen LogP contribution >= 0.6 is 0 Å². The first kappa shape index (κ1) is 11.9. The van der Waals surface area contributed by atoms with Gasteiger partial charge in [0.25, 0.3) is 0 Å². The molecule has 1 saturated heterocycles. The second kappa shape index (κ2) is 5.63. The Morgan fingerprint density at radius 2 is 1.73 bits per heavy atom. The van der Waals surface area contributed by atoms with E-state index in [1.54, 1.807) is 0 Å². The summed E-state index contributed by atoms with van der Waals surface area (Å²) in [6.07, 6.45) is 5.03. The molecule has 15 heavy (non-hydrogen) atoms. The van der Waals surface area contributed by atoms with E-state index in [1.165, 1.54) is 25.7 Å². The van der Waals surface area contributed by atoms with Crippen LogP contribution in [0.2, 0.25) is 0 Å². The van der Waals surface area contributed by atoms with Crippen LogP contribution in [0.4, 0.5) is 0 Å². The van der Waals surface area contributed by atoms with E-state index in [2.05, 4.69) is 16.5 Å². The van der Waals surface area contributed by atoms with Crippen LogP contribution in [0.1, 0.15) is 25.7 Å². The average Bonchev–Trinajstić information content (AvgIpc) is 2.45. The zero-order valence-electron chi connectivity index (χ0n) is 9.87. The van der Waals surface area contributed by atoms with Crippen molar-refractivity contribution in [3.05, 3.63) is 12.4 Å². The van der Waals surface area contributed by atoms with Crippen molar-refractivity contribution in [2.75, 3.05) is 27.2 Å². The molecule has 0 amide bonds. The highest BCUT2D eigenvalue weighted by molar-refractivity contribution is 5.79. The Morgan fingerprint density at radius 3 is 2.20 bits per heavy atom. The molecule has 1 fully saturated rings. The van der Waals surface area contributed by atoms with Crippen LogP contribution in [-0.2, 0) is 0 Å². The van der Waals surface area contributed by atoms with Crippen molar-refractivity contribution in [3.8, 4) is 0 Å². The number of aliphatic imine (C=N–C) groups is 1. The highest BCUT2D eigenvalue weighted by Crippen LogP contribution is 2.09. The van der Waals surface area contributed by atoms with Crippen LogP contribution < -0.4 is 5.73 Å². The molecule has 0 aromatic carbocycles. The molecule has 1 heterocycles. The fourth-order valence-corrected chi connectivity index (χ4v) is 1.60. The first-order valence-corrected chi connectivity index (χ1v) is 5.56. The fraction of sp³-hybridized carbons (Fsp3) is 0.727. The molecule has 0 unspecified atom stereocenters. The Hall–Kier alpha value is -1.19. The summed E-state index contributed by atoms with van der Waals surface area (Å²) < 4.78 is 0. The van der Waals surface area contributed by atoms with Gasteiger partial charge in [-0.3, -0.25) is 0 Å². The van der Waals surface area contributed by atoms with Gasteiger partial charge in [-0.05, 0) is 12.8 Å². The van der Waals surface area contributed by atoms with Crippen LogP contribution in [-0.4, -0.2) is 42.9 Å². The predicted octanol–water partition coefficient (Wildman–Crippen LogP) is 1.21. The Kier molecular flexibility index (Phi) is 4.46. The molecule has 0 bridgehead atoms. The number of likely N-dealkylation sites (tertiary alicyclic amines) is 1. The van der Waals surface area contributed by atoms with Gasteiger partial charge in [0.1, 0.15) is 5.82 Å². The average molecular weight is 210 g/mol. The molecule has 2 N–H and O–H groups in total. The summed E-state index contributed by atoms with van der Waals surface area (Å²) in [5.74, 6) is 1.31. The molecule has 4 nitrogen and oxygen atoms in total. The largest absolute Gasteiger partial charge is 0.369 e. The predicted molar refractivity (Wildman–Crippen MR) is 64.5 cm³/mol. The van der Waals surface area contributed by atoms with Gasteiger partial charge in [0.15, 0.2) is 5.96 Å². The van der Waals surface area contributed by atoms with E-state index in [0.717, 1.165) is 13.1 Å². The number of rotatable bonds is 2. The highest BCUT2D eigenvalue weighted by atomic mass is 15.3. The molecule has 0 aliphatic carbocycles. The van der Waals surface area contributed by atoms with Crippen LogP contribution in [0.3, 0.4) is 0 Å². The zero-order chi connectivity index (χ0) is 11.3. The number of hydrogen-bond donors (Lipinski definition) is 1. The van der Waals surface area contributed by atoms with E-state index in [1.807, 2.05) is 19.0 Å². The van der Waals surface area contributed by atoms with Gasteiger partial charge in [-0.15, -0.1) is 0 Å². The van der Waals surface area contributed by atoms with Crippen LogP contribution in [0.15, 0.2) is 17.4 Å². The number of nitrogens with two attached hydrogens (primary N) is 1. The molecule has 0 radical (unpaired) electrons. The molecule has 1 aliphatic heterocycles. The number of hydrogen-bond acceptors (Lipinski definition) is 2. The minimum Gasteiger partial charge on any atom is -0.369 e. The Balaban J connectivity index is 2.57. The highest BCUT2D eigenvalue weighted by Gasteiger charge is 2.11. The summed E-state index contributed by atoms with van der Waals surface area (Å²) in [6.45, 7) is 5.89. The lowest BCUT2D eigenvalue weighted by atomic mass is 10.2. The topological polar surface area (TPSA) is 44.9 Å². The zero-order valence-corrected chi connectivity index (χ0v) is 9.87. The van der Waals surface area contributed by atoms with E-state index >= 15 is 0 Å². The summed E-state index contributed by atoms with van der Waals surface area (Å²) >= 11 is 0. The molecule has 1 rings (SSSR count). The van der Waals surface area contributed by atoms with Gasteiger partial charge < -0.3 is 15.5 Å². The van der Waals surface area contributed by atoms with Crippen molar-refractivity contribution < 1.29 is 0 Å². The van der Waals surface area contributed by atoms with Crippen LogP contribution in [0.25, 0.3) is 0 Å². The lowest BCUT2D eigenvalue weighted by molar-refractivity contribution is 0.425. The summed E-state index contributed by atoms with van der Waals surface area (Å²) in [6, 6.07) is 0. The first-order chi connectivity index (χ1) is 7.11. The minimum absolute atomic E-state index is 0.607. The van der Waals surface area contributed by atoms with Crippen molar-refractivity contribution >= 4 is 5.96 Å². The van der Waals surface area contributed by atoms with Crippen molar-refractivity contribution in [1.82, 2.24) is 9.80 Å². The van der Waals surface area contributed by atoms with Gasteiger partial charge >= 0.3 is 0 Å². The summed E-state index contributed by atoms with van der Waals surface area (Å²) in [5.41, 5.74) is 5.94. The second-order valence-corrected chi connectivity index (χ2v) is 4.18. The molecule has 0 aromatic rings. The SMILES string of the molecule is C=C(/N=C(\N)N1CCCCCC1)N(C)C. The smallest absolute Gasteiger partial charge is 0.197 e. The maximum absolute atomic E-state index is 5.94. The van der Waals surface area contributed by atoms with Gasteiger partial charge in [-0.25, -0.2) is 0 Å². The fourth-order valence-electron chi connectivity index (χ4n) is 1.60. The quantitative estimate of drug-likeness (QED) is 0.550. The van der Waals surface area contributed by atoms with Gasteiger partial charge in [-0.1, -0.05) is 19.4 Å². The normalized spacial score (nSPS) is 18.5. The standard InChI is InChI=1S/C11H22N4/c1-10(14(2)3)13-11(12)15-8-6-4-5-7-9-15/h1,4-9H2,2-3H3,(H2,12,13). The molecule has 0 aromatic heterocycles. The Bertz CT molecular complexity index is 237. The van der Waals surface area contributed by atoms with Crippen LogP contribution in [0, 0.1) is 0 Å². The van der Waals surface area contributed by atoms with E-state index < -0.39 is 0 Å². The molecule has 0 atom stereocenters. The second-order valence-electron chi connectivity index (χ2n) is 4.18. The molecule has 0 spiro atoms. The van der Waals surface area contributed by atoms with Crippen molar-refractivity contribution in [3.63, 3.8) is 0 Å². The van der Waals surface area contributed by atoms with E-state index in [0.29, 0.717) is 11.8 Å². The molecule has 1 aliphatic rings. The Morgan fingerprint density at radius 1 is 1.20 bits per heavy atom. The van der Waals surface area contributed by atoms with Gasteiger partial charge in [0.2, 0.25) is 0 Å². The van der Waals surface area contributed by atoms with Crippen molar-refractivity contribution in [2.24, 2.45) is 10.7 Å². The van der Waals surface area contributed by atoms with E-state index in [9.17, 15) is 0 Å². The van der Waals surface area contributed by atoms with Gasteiger partial charge in [0, 0.05) is 27.2 Å². The van der Waals surface area contributed by atoms with Gasteiger partial charge in [0.05, 0.1) is 0 Å². The van der Waals surface area contributed by atoms with Crippen molar-refractivity contribution in [1.29, 1.82) is 0 Å². The molecule has 0 saturated carbocycles. The van der Waals surface area contributed by atoms with Gasteiger partial charge in [-0.2, -0.15) is 4.99 Å². The molecule has 86 valence electrons. The first-order valence-electron chi connectivity index (χ1n) is 5.56. The van der Waals surface area contributed by atoms with Crippen LogP contribution in [0.5, 0.6) is 0 Å². The third-order valence-corrected chi connectivity index (χ3v) is 2.69. The van der Waals surface area contributed by atoms with E-state index in [4.69, 9.17) is 5.73 Å². The third kappa shape index (κ3) is 3.81. The minimum atomic E-state index is 0.607. The maximum Gasteiger partial charge on any atom is 0.197 e. The summed E-state index contributed by atoms with van der Waals surface area (Å²) in [7, 11) is 3.84.